The van der Waals surface area contributed by atoms with E-state index in [0.29, 0.717) is 6.10 Å². The van der Waals surface area contributed by atoms with Crippen LogP contribution in [0.2, 0.25) is 6.04 Å². The van der Waals surface area contributed by atoms with E-state index >= 15 is 0 Å². The molecule has 0 spiro atoms. The van der Waals surface area contributed by atoms with Gasteiger partial charge in [-0.3, -0.25) is 0 Å². The van der Waals surface area contributed by atoms with Gasteiger partial charge in [-0.25, -0.2) is 9.78 Å². The standard InChI is InChI=1S/C7H16O3Si.C2H6O2/c1-8-11-4-2-3-9-5-7-6-10-7;1-3-4-2/h7H,2-6,11H2,1H3;1-2H3. The first-order valence-electron chi connectivity index (χ1n) is 5.10. The molecule has 5 nitrogen and oxygen atoms in total. The summed E-state index contributed by atoms with van der Waals surface area (Å²) in [5.41, 5.74) is 0. The molecule has 1 rings (SSSR count). The van der Waals surface area contributed by atoms with Crippen LogP contribution in [0, 0.1) is 0 Å². The Labute approximate surface area is 93.9 Å². The molecule has 1 atom stereocenters. The molecule has 1 fully saturated rings. The molecule has 1 heterocycles. The summed E-state index contributed by atoms with van der Waals surface area (Å²) in [7, 11) is 4.48. The van der Waals surface area contributed by atoms with Crippen molar-refractivity contribution in [3.63, 3.8) is 0 Å². The molecule has 1 aliphatic heterocycles. The van der Waals surface area contributed by atoms with Crippen LogP contribution in [0.5, 0.6) is 0 Å². The highest BCUT2D eigenvalue weighted by molar-refractivity contribution is 6.26. The van der Waals surface area contributed by atoms with Crippen molar-refractivity contribution in [2.75, 3.05) is 41.2 Å². The molecule has 0 saturated carbocycles. The molecule has 0 amide bonds. The molecule has 0 aromatic rings. The highest BCUT2D eigenvalue weighted by atomic mass is 28.2. The molecule has 15 heavy (non-hydrogen) atoms. The predicted octanol–water partition coefficient (Wildman–Crippen LogP) is 0.135. The van der Waals surface area contributed by atoms with E-state index in [9.17, 15) is 0 Å². The Morgan fingerprint density at radius 1 is 1.27 bits per heavy atom. The van der Waals surface area contributed by atoms with Crippen LogP contribution in [0.1, 0.15) is 6.42 Å². The number of rotatable bonds is 8. The Balaban J connectivity index is 0.000000423. The normalized spacial score (nSPS) is 19.0. The zero-order valence-corrected chi connectivity index (χ0v) is 11.3. The van der Waals surface area contributed by atoms with Gasteiger partial charge in [-0.05, 0) is 12.5 Å². The predicted molar refractivity (Wildman–Crippen MR) is 59.6 cm³/mol. The van der Waals surface area contributed by atoms with Gasteiger partial charge >= 0.3 is 0 Å². The lowest BCUT2D eigenvalue weighted by molar-refractivity contribution is -0.248. The van der Waals surface area contributed by atoms with Crippen molar-refractivity contribution in [2.45, 2.75) is 18.6 Å². The third-order valence-electron chi connectivity index (χ3n) is 1.76. The lowest BCUT2D eigenvalue weighted by atomic mass is 10.5. The first-order chi connectivity index (χ1) is 7.35. The molecule has 0 aliphatic carbocycles. The van der Waals surface area contributed by atoms with Crippen LogP contribution in [-0.4, -0.2) is 57.0 Å². The van der Waals surface area contributed by atoms with Gasteiger partial charge in [0, 0.05) is 13.7 Å². The Kier molecular flexibility index (Phi) is 12.1. The van der Waals surface area contributed by atoms with Crippen molar-refractivity contribution in [3.05, 3.63) is 0 Å². The molecule has 92 valence electrons. The molecule has 0 aromatic heterocycles. The van der Waals surface area contributed by atoms with Crippen LogP contribution in [0.15, 0.2) is 0 Å². The second-order valence-electron chi connectivity index (χ2n) is 3.06. The third kappa shape index (κ3) is 14.0. The summed E-state index contributed by atoms with van der Waals surface area (Å²) < 4.78 is 15.4. The van der Waals surface area contributed by atoms with Crippen molar-refractivity contribution in [2.24, 2.45) is 0 Å². The summed E-state index contributed by atoms with van der Waals surface area (Å²) in [5.74, 6) is 0. The summed E-state index contributed by atoms with van der Waals surface area (Å²) >= 11 is 0. The Morgan fingerprint density at radius 3 is 2.40 bits per heavy atom. The van der Waals surface area contributed by atoms with Crippen LogP contribution in [-0.2, 0) is 23.7 Å². The van der Waals surface area contributed by atoms with E-state index in [1.165, 1.54) is 20.3 Å². The van der Waals surface area contributed by atoms with Gasteiger partial charge in [0.05, 0.1) is 27.4 Å². The number of epoxide rings is 1. The van der Waals surface area contributed by atoms with Crippen molar-refractivity contribution in [1.82, 2.24) is 0 Å². The van der Waals surface area contributed by atoms with Gasteiger partial charge in [0.15, 0.2) is 9.76 Å². The van der Waals surface area contributed by atoms with Gasteiger partial charge in [-0.2, -0.15) is 0 Å². The summed E-state index contributed by atoms with van der Waals surface area (Å²) in [4.78, 5) is 8.08. The van der Waals surface area contributed by atoms with Crippen molar-refractivity contribution < 1.29 is 23.7 Å². The third-order valence-corrected chi connectivity index (χ3v) is 2.96. The maximum absolute atomic E-state index is 5.35. The van der Waals surface area contributed by atoms with Gasteiger partial charge in [-0.15, -0.1) is 0 Å². The fourth-order valence-electron chi connectivity index (χ4n) is 0.830. The van der Waals surface area contributed by atoms with Crippen molar-refractivity contribution in [1.29, 1.82) is 0 Å². The number of hydrogen-bond donors (Lipinski definition) is 0. The van der Waals surface area contributed by atoms with E-state index in [1.54, 1.807) is 7.11 Å². The van der Waals surface area contributed by atoms with Crippen LogP contribution in [0.4, 0.5) is 0 Å². The molecule has 1 saturated heterocycles. The largest absolute Gasteiger partial charge is 0.427 e. The van der Waals surface area contributed by atoms with Crippen LogP contribution < -0.4 is 0 Å². The smallest absolute Gasteiger partial charge is 0.161 e. The van der Waals surface area contributed by atoms with Gasteiger partial charge < -0.3 is 13.9 Å². The van der Waals surface area contributed by atoms with Crippen LogP contribution >= 0.6 is 0 Å². The van der Waals surface area contributed by atoms with Gasteiger partial charge in [-0.1, -0.05) is 0 Å². The van der Waals surface area contributed by atoms with Gasteiger partial charge in [0.2, 0.25) is 0 Å². The molecule has 0 N–H and O–H groups in total. The summed E-state index contributed by atoms with van der Waals surface area (Å²) in [6, 6.07) is 1.22. The maximum Gasteiger partial charge on any atom is 0.161 e. The van der Waals surface area contributed by atoms with E-state index in [2.05, 4.69) is 9.78 Å². The molecular weight excluding hydrogens is 216 g/mol. The Morgan fingerprint density at radius 2 is 1.93 bits per heavy atom. The lowest BCUT2D eigenvalue weighted by Crippen LogP contribution is -2.03. The average molecular weight is 238 g/mol. The minimum absolute atomic E-state index is 0.221. The first-order valence-corrected chi connectivity index (χ1v) is 6.68. The zero-order valence-electron chi connectivity index (χ0n) is 9.86. The van der Waals surface area contributed by atoms with Crippen molar-refractivity contribution >= 4 is 9.76 Å². The van der Waals surface area contributed by atoms with E-state index in [0.717, 1.165) is 26.2 Å². The second kappa shape index (κ2) is 12.1. The van der Waals surface area contributed by atoms with E-state index in [4.69, 9.17) is 13.9 Å². The van der Waals surface area contributed by atoms with Crippen LogP contribution in [0.25, 0.3) is 0 Å². The van der Waals surface area contributed by atoms with Crippen LogP contribution in [0.3, 0.4) is 0 Å². The maximum atomic E-state index is 5.35. The average Bonchev–Trinajstić information content (AvgIpc) is 3.07. The number of hydrogen-bond acceptors (Lipinski definition) is 5. The van der Waals surface area contributed by atoms with E-state index in [1.807, 2.05) is 0 Å². The van der Waals surface area contributed by atoms with Gasteiger partial charge in [0.25, 0.3) is 0 Å². The minimum Gasteiger partial charge on any atom is -0.427 e. The topological polar surface area (TPSA) is 49.5 Å². The Hall–Kier alpha value is 0.0169. The SMILES string of the molecule is COOC.CO[SiH2]CCCOCC1CO1. The molecule has 1 unspecified atom stereocenters. The summed E-state index contributed by atoms with van der Waals surface area (Å²) in [6.45, 7) is 2.55. The fourth-order valence-corrected chi connectivity index (χ4v) is 1.53. The fraction of sp³-hybridized carbons (Fsp3) is 1.00. The molecular formula is C9H22O5Si. The minimum atomic E-state index is -0.221. The first kappa shape index (κ1) is 15.0. The second-order valence-corrected chi connectivity index (χ2v) is 4.76. The highest BCUT2D eigenvalue weighted by Crippen LogP contribution is 2.08. The summed E-state index contributed by atoms with van der Waals surface area (Å²) in [6.07, 6.45) is 1.56. The van der Waals surface area contributed by atoms with Crippen molar-refractivity contribution in [3.8, 4) is 0 Å². The Bertz CT molecular complexity index is 119. The molecule has 6 heteroatoms. The van der Waals surface area contributed by atoms with E-state index < -0.39 is 0 Å². The zero-order chi connectivity index (χ0) is 11.4. The van der Waals surface area contributed by atoms with Gasteiger partial charge in [0.1, 0.15) is 6.10 Å². The number of ether oxygens (including phenoxy) is 2. The molecule has 0 aromatic carbocycles. The van der Waals surface area contributed by atoms with E-state index in [-0.39, 0.29) is 9.76 Å². The highest BCUT2D eigenvalue weighted by Gasteiger charge is 2.21. The molecule has 1 aliphatic rings. The monoisotopic (exact) mass is 238 g/mol. The molecule has 0 radical (unpaired) electrons. The quantitative estimate of drug-likeness (QED) is 0.198. The summed E-state index contributed by atoms with van der Waals surface area (Å²) in [5, 5.41) is 0. The molecule has 0 bridgehead atoms. The lowest BCUT2D eigenvalue weighted by Gasteiger charge is -2.00.